The molecule has 116 valence electrons. The van der Waals surface area contributed by atoms with Crippen LogP contribution in [0.15, 0.2) is 30.3 Å². The highest BCUT2D eigenvalue weighted by Crippen LogP contribution is 2.20. The molecule has 2 rings (SSSR count). The van der Waals surface area contributed by atoms with Gasteiger partial charge in [-0.3, -0.25) is 9.69 Å². The van der Waals surface area contributed by atoms with Gasteiger partial charge < -0.3 is 15.5 Å². The molecule has 1 aromatic carbocycles. The van der Waals surface area contributed by atoms with Crippen molar-refractivity contribution in [2.45, 2.75) is 25.4 Å². The van der Waals surface area contributed by atoms with E-state index in [9.17, 15) is 4.79 Å². The maximum Gasteiger partial charge on any atom is 0.317 e. The Morgan fingerprint density at radius 1 is 1.29 bits per heavy atom. The minimum atomic E-state index is -0.790. The topological polar surface area (TPSA) is 72.8 Å². The van der Waals surface area contributed by atoms with Crippen LogP contribution in [0.5, 0.6) is 0 Å². The zero-order valence-electron chi connectivity index (χ0n) is 12.2. The summed E-state index contributed by atoms with van der Waals surface area (Å²) in [5, 5.41) is 21.6. The molecular weight excluding hydrogens is 268 g/mol. The number of aliphatic carboxylic acids is 1. The van der Waals surface area contributed by atoms with E-state index in [-0.39, 0.29) is 19.2 Å². The van der Waals surface area contributed by atoms with Gasteiger partial charge in [-0.25, -0.2) is 0 Å². The van der Waals surface area contributed by atoms with E-state index in [1.807, 2.05) is 23.1 Å². The minimum Gasteiger partial charge on any atom is -0.480 e. The van der Waals surface area contributed by atoms with Crippen molar-refractivity contribution in [2.24, 2.45) is 5.92 Å². The number of nitrogens with zero attached hydrogens (tertiary/aromatic N) is 1. The number of carboxylic acids is 1. The fourth-order valence-electron chi connectivity index (χ4n) is 3.02. The number of aliphatic hydroxyl groups is 1. The molecule has 0 aromatic heterocycles. The lowest BCUT2D eigenvalue weighted by atomic mass is 9.91. The third-order valence-corrected chi connectivity index (χ3v) is 3.95. The third-order valence-electron chi connectivity index (χ3n) is 3.95. The molecule has 21 heavy (non-hydrogen) atoms. The molecule has 1 aliphatic rings. The van der Waals surface area contributed by atoms with Gasteiger partial charge in [-0.15, -0.1) is 0 Å². The second-order valence-corrected chi connectivity index (χ2v) is 5.77. The van der Waals surface area contributed by atoms with Gasteiger partial charge in [0.15, 0.2) is 0 Å². The summed E-state index contributed by atoms with van der Waals surface area (Å²) >= 11 is 0. The summed E-state index contributed by atoms with van der Waals surface area (Å²) in [7, 11) is 0. The standard InChI is InChI=1S/C16H24N2O3/c19-7-6-14-8-15(11-18(10-14)12-16(20)21)17-9-13-4-2-1-3-5-13/h1-5,14-15,17,19H,6-12H2,(H,20,21). The number of rotatable bonds is 7. The Labute approximate surface area is 125 Å². The summed E-state index contributed by atoms with van der Waals surface area (Å²) in [6.45, 7) is 2.54. The van der Waals surface area contributed by atoms with E-state index in [1.165, 1.54) is 5.56 Å². The van der Waals surface area contributed by atoms with Crippen LogP contribution in [0.25, 0.3) is 0 Å². The first kappa shape index (κ1) is 15.9. The summed E-state index contributed by atoms with van der Waals surface area (Å²) in [5.41, 5.74) is 1.23. The quantitative estimate of drug-likeness (QED) is 0.697. The molecule has 0 amide bonds. The minimum absolute atomic E-state index is 0.0748. The number of aliphatic hydroxyl groups excluding tert-OH is 1. The molecule has 3 N–H and O–H groups in total. The largest absolute Gasteiger partial charge is 0.480 e. The van der Waals surface area contributed by atoms with Crippen LogP contribution in [0.4, 0.5) is 0 Å². The normalized spacial score (nSPS) is 23.1. The summed E-state index contributed by atoms with van der Waals surface area (Å²) in [6, 6.07) is 10.5. The Morgan fingerprint density at radius 3 is 2.71 bits per heavy atom. The van der Waals surface area contributed by atoms with Crippen LogP contribution >= 0.6 is 0 Å². The molecule has 0 bridgehead atoms. The van der Waals surface area contributed by atoms with Crippen LogP contribution in [-0.4, -0.2) is 53.4 Å². The van der Waals surface area contributed by atoms with Crippen molar-refractivity contribution in [3.63, 3.8) is 0 Å². The SMILES string of the molecule is O=C(O)CN1CC(CCO)CC(NCc2ccccc2)C1. The van der Waals surface area contributed by atoms with E-state index >= 15 is 0 Å². The van der Waals surface area contributed by atoms with Crippen molar-refractivity contribution < 1.29 is 15.0 Å². The molecular formula is C16H24N2O3. The number of piperidine rings is 1. The number of nitrogens with one attached hydrogen (secondary N) is 1. The van der Waals surface area contributed by atoms with Crippen molar-refractivity contribution in [1.29, 1.82) is 0 Å². The maximum atomic E-state index is 10.9. The Hall–Kier alpha value is -1.43. The highest BCUT2D eigenvalue weighted by molar-refractivity contribution is 5.69. The fraction of sp³-hybridized carbons (Fsp3) is 0.562. The van der Waals surface area contributed by atoms with Crippen LogP contribution < -0.4 is 5.32 Å². The predicted molar refractivity (Wildman–Crippen MR) is 81.0 cm³/mol. The predicted octanol–water partition coefficient (Wildman–Crippen LogP) is 0.934. The van der Waals surface area contributed by atoms with E-state index in [0.29, 0.717) is 5.92 Å². The molecule has 0 saturated carbocycles. The summed E-state index contributed by atoms with van der Waals surface area (Å²) in [5.74, 6) is -0.433. The third kappa shape index (κ3) is 5.46. The molecule has 5 nitrogen and oxygen atoms in total. The van der Waals surface area contributed by atoms with Crippen LogP contribution in [0.3, 0.4) is 0 Å². The van der Waals surface area contributed by atoms with Crippen molar-refractivity contribution in [3.05, 3.63) is 35.9 Å². The molecule has 1 heterocycles. The molecule has 0 spiro atoms. The number of carbonyl (C=O) groups is 1. The van der Waals surface area contributed by atoms with Crippen molar-refractivity contribution in [1.82, 2.24) is 10.2 Å². The summed E-state index contributed by atoms with van der Waals surface area (Å²) in [6.07, 6.45) is 1.73. The van der Waals surface area contributed by atoms with E-state index in [4.69, 9.17) is 10.2 Å². The number of hydrogen-bond donors (Lipinski definition) is 3. The lowest BCUT2D eigenvalue weighted by Gasteiger charge is -2.37. The molecule has 5 heteroatoms. The van der Waals surface area contributed by atoms with Gasteiger partial charge in [0, 0.05) is 32.3 Å². The van der Waals surface area contributed by atoms with Crippen LogP contribution in [0.1, 0.15) is 18.4 Å². The van der Waals surface area contributed by atoms with Gasteiger partial charge in [-0.05, 0) is 24.3 Å². The number of benzene rings is 1. The van der Waals surface area contributed by atoms with Gasteiger partial charge >= 0.3 is 5.97 Å². The van der Waals surface area contributed by atoms with Gasteiger partial charge in [0.1, 0.15) is 0 Å². The summed E-state index contributed by atoms with van der Waals surface area (Å²) < 4.78 is 0. The van der Waals surface area contributed by atoms with Gasteiger partial charge in [-0.1, -0.05) is 30.3 Å². The highest BCUT2D eigenvalue weighted by atomic mass is 16.4. The van der Waals surface area contributed by atoms with Crippen LogP contribution in [-0.2, 0) is 11.3 Å². The zero-order chi connectivity index (χ0) is 15.1. The number of likely N-dealkylation sites (tertiary alicyclic amines) is 1. The lowest BCUT2D eigenvalue weighted by molar-refractivity contribution is -0.138. The monoisotopic (exact) mass is 292 g/mol. The molecule has 0 aliphatic carbocycles. The average molecular weight is 292 g/mol. The van der Waals surface area contributed by atoms with E-state index in [2.05, 4.69) is 17.4 Å². The number of hydrogen-bond acceptors (Lipinski definition) is 4. The molecule has 0 radical (unpaired) electrons. The first-order valence-electron chi connectivity index (χ1n) is 7.49. The molecule has 1 aliphatic heterocycles. The number of carboxylic acid groups (broad SMARTS) is 1. The average Bonchev–Trinajstić information content (AvgIpc) is 2.46. The zero-order valence-corrected chi connectivity index (χ0v) is 12.2. The summed E-state index contributed by atoms with van der Waals surface area (Å²) in [4.78, 5) is 12.9. The second kappa shape index (κ2) is 8.12. The van der Waals surface area contributed by atoms with Crippen molar-refractivity contribution in [2.75, 3.05) is 26.2 Å². The molecule has 1 fully saturated rings. The van der Waals surface area contributed by atoms with Gasteiger partial charge in [-0.2, -0.15) is 0 Å². The lowest BCUT2D eigenvalue weighted by Crippen LogP contribution is -2.50. The van der Waals surface area contributed by atoms with E-state index in [1.54, 1.807) is 0 Å². The van der Waals surface area contributed by atoms with Crippen LogP contribution in [0.2, 0.25) is 0 Å². The first-order valence-corrected chi connectivity index (χ1v) is 7.49. The fourth-order valence-corrected chi connectivity index (χ4v) is 3.02. The van der Waals surface area contributed by atoms with Gasteiger partial charge in [0.2, 0.25) is 0 Å². The highest BCUT2D eigenvalue weighted by Gasteiger charge is 2.27. The van der Waals surface area contributed by atoms with E-state index < -0.39 is 5.97 Å². The van der Waals surface area contributed by atoms with Gasteiger partial charge in [0.05, 0.1) is 6.54 Å². The van der Waals surface area contributed by atoms with E-state index in [0.717, 1.165) is 32.5 Å². The maximum absolute atomic E-state index is 10.9. The Morgan fingerprint density at radius 2 is 2.05 bits per heavy atom. The van der Waals surface area contributed by atoms with Crippen LogP contribution in [0, 0.1) is 5.92 Å². The molecule has 1 saturated heterocycles. The Kier molecular flexibility index (Phi) is 6.17. The van der Waals surface area contributed by atoms with Gasteiger partial charge in [0.25, 0.3) is 0 Å². The van der Waals surface area contributed by atoms with Crippen molar-refractivity contribution in [3.8, 4) is 0 Å². The first-order chi connectivity index (χ1) is 10.2. The Balaban J connectivity index is 1.88. The molecule has 2 unspecified atom stereocenters. The molecule has 1 aromatic rings. The smallest absolute Gasteiger partial charge is 0.317 e. The Bertz CT molecular complexity index is 438. The second-order valence-electron chi connectivity index (χ2n) is 5.77. The molecule has 2 atom stereocenters. The van der Waals surface area contributed by atoms with Crippen molar-refractivity contribution >= 4 is 5.97 Å².